The minimum absolute atomic E-state index is 0.216. The van der Waals surface area contributed by atoms with Crippen LogP contribution in [-0.4, -0.2) is 37.4 Å². The average molecular weight is 425 g/mol. The van der Waals surface area contributed by atoms with Gasteiger partial charge in [-0.15, -0.1) is 5.10 Å². The Morgan fingerprint density at radius 3 is 2.71 bits per heavy atom. The third-order valence-electron chi connectivity index (χ3n) is 4.79. The van der Waals surface area contributed by atoms with Crippen LogP contribution in [0.5, 0.6) is 0 Å². The molecule has 1 fully saturated rings. The maximum absolute atomic E-state index is 13.8. The van der Waals surface area contributed by atoms with Crippen molar-refractivity contribution in [2.75, 3.05) is 5.32 Å². The molecule has 1 aliphatic rings. The Morgan fingerprint density at radius 1 is 1.36 bits per heavy atom. The van der Waals surface area contributed by atoms with E-state index in [0.717, 1.165) is 16.9 Å². The number of amides is 1. The number of anilines is 1. The number of nitrogens with zero attached hydrogens (tertiary/aromatic N) is 4. The van der Waals surface area contributed by atoms with Crippen LogP contribution in [0.1, 0.15) is 30.7 Å². The minimum Gasteiger partial charge on any atom is -0.301 e. The lowest BCUT2D eigenvalue weighted by atomic mass is 9.83. The molecule has 1 aromatic carbocycles. The third kappa shape index (κ3) is 4.02. The molecule has 2 atom stereocenters. The monoisotopic (exact) mass is 424 g/mol. The summed E-state index contributed by atoms with van der Waals surface area (Å²) in [7, 11) is 0. The van der Waals surface area contributed by atoms with Gasteiger partial charge in [-0.1, -0.05) is 47.2 Å². The molecular weight excluding hydrogens is 410 g/mol. The number of benzene rings is 1. The van der Waals surface area contributed by atoms with E-state index >= 15 is 0 Å². The maximum atomic E-state index is 13.8. The van der Waals surface area contributed by atoms with Gasteiger partial charge in [0.15, 0.2) is 11.0 Å². The van der Waals surface area contributed by atoms with E-state index in [4.69, 9.17) is 11.6 Å². The van der Waals surface area contributed by atoms with E-state index in [-0.39, 0.29) is 25.2 Å². The summed E-state index contributed by atoms with van der Waals surface area (Å²) in [5, 5.41) is 16.6. The normalized spacial score (nSPS) is 19.5. The minimum atomic E-state index is -2.75. The number of aromatic amines is 1. The van der Waals surface area contributed by atoms with Gasteiger partial charge >= 0.3 is 0 Å². The highest BCUT2D eigenvalue weighted by Crippen LogP contribution is 2.46. The lowest BCUT2D eigenvalue weighted by molar-refractivity contribution is -0.118. The van der Waals surface area contributed by atoms with Gasteiger partial charge in [0.05, 0.1) is 12.1 Å². The number of aromatic nitrogens is 5. The van der Waals surface area contributed by atoms with Gasteiger partial charge in [0.1, 0.15) is 4.34 Å². The summed E-state index contributed by atoms with van der Waals surface area (Å²) in [5.41, 5.74) is 1.38. The summed E-state index contributed by atoms with van der Waals surface area (Å²) in [5.74, 6) is -3.83. The van der Waals surface area contributed by atoms with E-state index in [1.54, 1.807) is 24.3 Å². The molecule has 0 spiro atoms. The fourth-order valence-electron chi connectivity index (χ4n) is 3.53. The number of hydrogen-bond donors (Lipinski definition) is 2. The zero-order valence-corrected chi connectivity index (χ0v) is 16.0. The topological polar surface area (TPSA) is 96.5 Å². The number of H-pyrrole nitrogens is 1. The van der Waals surface area contributed by atoms with Crippen molar-refractivity contribution in [2.24, 2.45) is 5.92 Å². The van der Waals surface area contributed by atoms with E-state index < -0.39 is 17.8 Å². The van der Waals surface area contributed by atoms with Gasteiger partial charge in [-0.05, 0) is 28.3 Å². The Morgan fingerprint density at radius 2 is 2.14 bits per heavy atom. The molecule has 0 aliphatic heterocycles. The molecule has 146 valence electrons. The van der Waals surface area contributed by atoms with Crippen LogP contribution >= 0.6 is 22.9 Å². The van der Waals surface area contributed by atoms with Gasteiger partial charge in [-0.3, -0.25) is 4.79 Å². The first kappa shape index (κ1) is 18.9. The molecule has 2 unspecified atom stereocenters. The molecule has 1 amide bonds. The number of carbonyl (C=O) groups excluding carboxylic acids is 1. The molecule has 2 heterocycles. The molecule has 2 aromatic heterocycles. The standard InChI is InChI=1S/C17H15ClF2N6OS/c18-12-8-21-16(28-12)22-15(27)13(11-5-6-17(19,20)7-11)9-1-3-10(4-2-9)14-23-25-26-24-14/h1-4,8,11,13H,5-7H2,(H,21,22,27)(H,23,24,25,26). The van der Waals surface area contributed by atoms with E-state index in [1.807, 2.05) is 0 Å². The summed E-state index contributed by atoms with van der Waals surface area (Å²) in [6.45, 7) is 0. The Balaban J connectivity index is 1.61. The number of rotatable bonds is 5. The zero-order valence-electron chi connectivity index (χ0n) is 14.4. The van der Waals surface area contributed by atoms with Crippen LogP contribution in [0.15, 0.2) is 30.5 Å². The second-order valence-corrected chi connectivity index (χ2v) is 8.33. The molecule has 0 saturated heterocycles. The van der Waals surface area contributed by atoms with Gasteiger partial charge < -0.3 is 5.32 Å². The SMILES string of the molecule is O=C(Nc1ncc(Cl)s1)C(c1ccc(-c2nnn[nH]2)cc1)C1CCC(F)(F)C1. The van der Waals surface area contributed by atoms with Gasteiger partial charge in [0.25, 0.3) is 0 Å². The van der Waals surface area contributed by atoms with Crippen LogP contribution in [0.25, 0.3) is 11.4 Å². The first-order valence-corrected chi connectivity index (χ1v) is 9.75. The van der Waals surface area contributed by atoms with Crippen LogP contribution in [-0.2, 0) is 4.79 Å². The molecule has 7 nitrogen and oxygen atoms in total. The molecule has 3 aromatic rings. The Bertz CT molecular complexity index is 962. The summed E-state index contributed by atoms with van der Waals surface area (Å²) >= 11 is 6.98. The number of alkyl halides is 2. The maximum Gasteiger partial charge on any atom is 0.248 e. The smallest absolute Gasteiger partial charge is 0.248 e. The molecule has 4 rings (SSSR count). The zero-order chi connectivity index (χ0) is 19.7. The molecule has 11 heteroatoms. The predicted octanol–water partition coefficient (Wildman–Crippen LogP) is 4.13. The second-order valence-electron chi connectivity index (χ2n) is 6.67. The first-order valence-electron chi connectivity index (χ1n) is 8.55. The fraction of sp³-hybridized carbons (Fsp3) is 0.353. The van der Waals surface area contributed by atoms with Crippen molar-refractivity contribution in [2.45, 2.75) is 31.1 Å². The highest BCUT2D eigenvalue weighted by atomic mass is 35.5. The van der Waals surface area contributed by atoms with Crippen molar-refractivity contribution >= 4 is 34.0 Å². The van der Waals surface area contributed by atoms with E-state index in [9.17, 15) is 13.6 Å². The second kappa shape index (κ2) is 7.51. The van der Waals surface area contributed by atoms with Crippen LogP contribution in [0, 0.1) is 5.92 Å². The van der Waals surface area contributed by atoms with E-state index in [0.29, 0.717) is 20.9 Å². The molecule has 1 saturated carbocycles. The van der Waals surface area contributed by atoms with Crippen molar-refractivity contribution in [3.05, 3.63) is 40.4 Å². The van der Waals surface area contributed by atoms with Crippen LogP contribution < -0.4 is 5.32 Å². The lowest BCUT2D eigenvalue weighted by Gasteiger charge is -2.23. The Labute approximate surface area is 167 Å². The van der Waals surface area contributed by atoms with Crippen LogP contribution in [0.3, 0.4) is 0 Å². The van der Waals surface area contributed by atoms with Crippen LogP contribution in [0.2, 0.25) is 4.34 Å². The van der Waals surface area contributed by atoms with E-state index in [2.05, 4.69) is 30.9 Å². The Hall–Kier alpha value is -2.46. The molecule has 0 bridgehead atoms. The van der Waals surface area contributed by atoms with Gasteiger partial charge in [0.2, 0.25) is 11.8 Å². The largest absolute Gasteiger partial charge is 0.301 e. The summed E-state index contributed by atoms with van der Waals surface area (Å²) < 4.78 is 28.1. The summed E-state index contributed by atoms with van der Waals surface area (Å²) in [6, 6.07) is 7.00. The van der Waals surface area contributed by atoms with Gasteiger partial charge in [0, 0.05) is 18.4 Å². The summed E-state index contributed by atoms with van der Waals surface area (Å²) in [4.78, 5) is 17.0. The highest BCUT2D eigenvalue weighted by Gasteiger charge is 2.45. The molecular formula is C17H15ClF2N6OS. The number of halogens is 3. The number of tetrazole rings is 1. The molecule has 2 N–H and O–H groups in total. The number of thiazole rings is 1. The Kier molecular flexibility index (Phi) is 5.07. The van der Waals surface area contributed by atoms with Crippen molar-refractivity contribution < 1.29 is 13.6 Å². The summed E-state index contributed by atoms with van der Waals surface area (Å²) in [6.07, 6.45) is 1.17. The van der Waals surface area contributed by atoms with Crippen molar-refractivity contribution in [3.8, 4) is 11.4 Å². The fourth-order valence-corrected chi connectivity index (χ4v) is 4.35. The quantitative estimate of drug-likeness (QED) is 0.641. The van der Waals surface area contributed by atoms with Crippen molar-refractivity contribution in [3.63, 3.8) is 0 Å². The number of carbonyl (C=O) groups is 1. The molecule has 28 heavy (non-hydrogen) atoms. The third-order valence-corrected chi connectivity index (χ3v) is 5.82. The van der Waals surface area contributed by atoms with Crippen molar-refractivity contribution in [1.82, 2.24) is 25.6 Å². The predicted molar refractivity (Wildman–Crippen MR) is 100 cm³/mol. The number of hydrogen-bond acceptors (Lipinski definition) is 6. The van der Waals surface area contributed by atoms with Gasteiger partial charge in [-0.25, -0.2) is 18.9 Å². The van der Waals surface area contributed by atoms with E-state index in [1.165, 1.54) is 6.20 Å². The lowest BCUT2D eigenvalue weighted by Crippen LogP contribution is -2.27. The van der Waals surface area contributed by atoms with Crippen molar-refractivity contribution in [1.29, 1.82) is 0 Å². The van der Waals surface area contributed by atoms with Gasteiger partial charge in [-0.2, -0.15) is 0 Å². The highest BCUT2D eigenvalue weighted by molar-refractivity contribution is 7.19. The molecule has 0 radical (unpaired) electrons. The van der Waals surface area contributed by atoms with Crippen LogP contribution in [0.4, 0.5) is 13.9 Å². The first-order chi connectivity index (χ1) is 13.4. The number of nitrogens with one attached hydrogen (secondary N) is 2. The molecule has 1 aliphatic carbocycles. The average Bonchev–Trinajstić information content (AvgIpc) is 3.38.